The van der Waals surface area contributed by atoms with E-state index < -0.39 is 11.6 Å². The average Bonchev–Trinajstić information content (AvgIpc) is 2.79. The van der Waals surface area contributed by atoms with Crippen molar-refractivity contribution in [2.75, 3.05) is 6.54 Å². The maximum Gasteiger partial charge on any atom is 0.126 e. The number of thiazole rings is 1. The minimum atomic E-state index is -0.532. The van der Waals surface area contributed by atoms with Crippen molar-refractivity contribution < 1.29 is 8.78 Å². The first kappa shape index (κ1) is 15.1. The van der Waals surface area contributed by atoms with Crippen LogP contribution in [-0.2, 0) is 6.42 Å². The Morgan fingerprint density at radius 2 is 1.95 bits per heavy atom. The molecular weight excluding hydrogens is 278 g/mol. The van der Waals surface area contributed by atoms with Crippen LogP contribution in [0.2, 0.25) is 0 Å². The number of hydrogen-bond donors (Lipinski definition) is 1. The second kappa shape index (κ2) is 6.90. The van der Waals surface area contributed by atoms with Crippen LogP contribution in [0.15, 0.2) is 23.7 Å². The van der Waals surface area contributed by atoms with Crippen LogP contribution in [0.25, 0.3) is 0 Å². The quantitative estimate of drug-likeness (QED) is 0.871. The molecule has 5 heteroatoms. The van der Waals surface area contributed by atoms with Crippen LogP contribution in [0.5, 0.6) is 0 Å². The van der Waals surface area contributed by atoms with E-state index in [0.717, 1.165) is 29.6 Å². The summed E-state index contributed by atoms with van der Waals surface area (Å²) >= 11 is 1.57. The predicted octanol–water partition coefficient (Wildman–Crippen LogP) is 4.01. The number of aryl methyl sites for hydroxylation is 1. The smallest absolute Gasteiger partial charge is 0.126 e. The van der Waals surface area contributed by atoms with Crippen LogP contribution in [0.4, 0.5) is 8.78 Å². The standard InChI is InChI=1S/C15H18F2N2S/c1-3-4-18-14(15-10(2)19-9-20-15)7-11-5-12(16)8-13(17)6-11/h5-6,8-9,14,18H,3-4,7H2,1-2H3. The molecule has 2 rings (SSSR count). The van der Waals surface area contributed by atoms with E-state index in [1.165, 1.54) is 12.1 Å². The Labute approximate surface area is 121 Å². The fourth-order valence-electron chi connectivity index (χ4n) is 2.19. The minimum Gasteiger partial charge on any atom is -0.309 e. The van der Waals surface area contributed by atoms with Crippen LogP contribution in [0.1, 0.15) is 35.5 Å². The zero-order chi connectivity index (χ0) is 14.5. The van der Waals surface area contributed by atoms with Crippen molar-refractivity contribution in [2.45, 2.75) is 32.7 Å². The van der Waals surface area contributed by atoms with Gasteiger partial charge in [-0.15, -0.1) is 11.3 Å². The van der Waals surface area contributed by atoms with Gasteiger partial charge in [-0.1, -0.05) is 6.92 Å². The average molecular weight is 296 g/mol. The van der Waals surface area contributed by atoms with Gasteiger partial charge in [0.05, 0.1) is 11.2 Å². The van der Waals surface area contributed by atoms with E-state index in [9.17, 15) is 8.78 Å². The second-order valence-corrected chi connectivity index (χ2v) is 5.68. The van der Waals surface area contributed by atoms with E-state index in [2.05, 4.69) is 17.2 Å². The van der Waals surface area contributed by atoms with Gasteiger partial charge >= 0.3 is 0 Å². The normalized spacial score (nSPS) is 12.6. The van der Waals surface area contributed by atoms with Gasteiger partial charge in [-0.25, -0.2) is 13.8 Å². The summed E-state index contributed by atoms with van der Waals surface area (Å²) in [5.74, 6) is -1.06. The predicted molar refractivity (Wildman–Crippen MR) is 77.9 cm³/mol. The number of halogens is 2. The molecule has 1 N–H and O–H groups in total. The molecule has 0 aliphatic heterocycles. The highest BCUT2D eigenvalue weighted by Gasteiger charge is 2.17. The molecule has 20 heavy (non-hydrogen) atoms. The minimum absolute atomic E-state index is 0.0450. The highest BCUT2D eigenvalue weighted by atomic mass is 32.1. The number of aromatic nitrogens is 1. The van der Waals surface area contributed by atoms with Crippen molar-refractivity contribution in [1.29, 1.82) is 0 Å². The van der Waals surface area contributed by atoms with Crippen LogP contribution in [0, 0.1) is 18.6 Å². The number of nitrogens with zero attached hydrogens (tertiary/aromatic N) is 1. The molecule has 2 nitrogen and oxygen atoms in total. The van der Waals surface area contributed by atoms with Crippen molar-refractivity contribution in [3.8, 4) is 0 Å². The molecule has 2 aromatic rings. The molecule has 1 unspecified atom stereocenters. The Hall–Kier alpha value is -1.33. The molecule has 108 valence electrons. The van der Waals surface area contributed by atoms with Gasteiger partial charge in [-0.05, 0) is 44.0 Å². The molecule has 0 radical (unpaired) electrons. The lowest BCUT2D eigenvalue weighted by atomic mass is 10.0. The molecule has 0 aliphatic carbocycles. The molecule has 1 atom stereocenters. The molecule has 1 aromatic carbocycles. The van der Waals surface area contributed by atoms with Gasteiger partial charge in [0.15, 0.2) is 0 Å². The van der Waals surface area contributed by atoms with Gasteiger partial charge in [0.25, 0.3) is 0 Å². The van der Waals surface area contributed by atoms with Gasteiger partial charge in [-0.2, -0.15) is 0 Å². The lowest BCUT2D eigenvalue weighted by Gasteiger charge is -2.18. The maximum atomic E-state index is 13.3. The van der Waals surface area contributed by atoms with Gasteiger partial charge in [0.1, 0.15) is 11.6 Å². The number of benzene rings is 1. The summed E-state index contributed by atoms with van der Waals surface area (Å²) < 4.78 is 26.6. The van der Waals surface area contributed by atoms with Crippen molar-refractivity contribution in [3.63, 3.8) is 0 Å². The number of nitrogens with one attached hydrogen (secondary N) is 1. The fourth-order valence-corrected chi connectivity index (χ4v) is 3.06. The summed E-state index contributed by atoms with van der Waals surface area (Å²) in [6.45, 7) is 4.91. The van der Waals surface area contributed by atoms with Crippen molar-refractivity contribution in [1.82, 2.24) is 10.3 Å². The Bertz CT molecular complexity index is 549. The maximum absolute atomic E-state index is 13.3. The second-order valence-electron chi connectivity index (χ2n) is 4.79. The van der Waals surface area contributed by atoms with Crippen molar-refractivity contribution >= 4 is 11.3 Å². The van der Waals surface area contributed by atoms with E-state index in [0.29, 0.717) is 12.0 Å². The lowest BCUT2D eigenvalue weighted by molar-refractivity contribution is 0.526. The highest BCUT2D eigenvalue weighted by Crippen LogP contribution is 2.25. The third kappa shape index (κ3) is 3.84. The SMILES string of the molecule is CCCNC(Cc1cc(F)cc(F)c1)c1scnc1C. The number of rotatable bonds is 6. The summed E-state index contributed by atoms with van der Waals surface area (Å²) in [4.78, 5) is 5.38. The molecular formula is C15H18F2N2S. The summed E-state index contributed by atoms with van der Waals surface area (Å²) in [6.07, 6.45) is 1.56. The first-order valence-corrected chi connectivity index (χ1v) is 7.56. The molecule has 1 aromatic heterocycles. The summed E-state index contributed by atoms with van der Waals surface area (Å²) in [5.41, 5.74) is 3.43. The summed E-state index contributed by atoms with van der Waals surface area (Å²) in [7, 11) is 0. The van der Waals surface area contributed by atoms with E-state index >= 15 is 0 Å². The van der Waals surface area contributed by atoms with Crippen molar-refractivity contribution in [3.05, 3.63) is 51.5 Å². The topological polar surface area (TPSA) is 24.9 Å². The van der Waals surface area contributed by atoms with Crippen LogP contribution in [-0.4, -0.2) is 11.5 Å². The summed E-state index contributed by atoms with van der Waals surface area (Å²) in [5, 5.41) is 3.43. The van der Waals surface area contributed by atoms with E-state index in [-0.39, 0.29) is 6.04 Å². The third-order valence-electron chi connectivity index (χ3n) is 3.10. The Balaban J connectivity index is 2.21. The molecule has 0 fully saturated rings. The Morgan fingerprint density at radius 3 is 2.50 bits per heavy atom. The van der Waals surface area contributed by atoms with Gasteiger partial charge in [0.2, 0.25) is 0 Å². The molecule has 0 saturated carbocycles. The van der Waals surface area contributed by atoms with Gasteiger partial charge < -0.3 is 5.32 Å². The zero-order valence-electron chi connectivity index (χ0n) is 11.6. The van der Waals surface area contributed by atoms with Gasteiger partial charge in [0, 0.05) is 17.0 Å². The molecule has 1 heterocycles. The van der Waals surface area contributed by atoms with Crippen molar-refractivity contribution in [2.24, 2.45) is 0 Å². The first-order chi connectivity index (χ1) is 9.60. The lowest BCUT2D eigenvalue weighted by Crippen LogP contribution is -2.24. The zero-order valence-corrected chi connectivity index (χ0v) is 12.4. The van der Waals surface area contributed by atoms with E-state index in [1.807, 2.05) is 6.92 Å². The molecule has 0 spiro atoms. The summed E-state index contributed by atoms with van der Waals surface area (Å²) in [6, 6.07) is 3.72. The molecule has 0 amide bonds. The highest BCUT2D eigenvalue weighted by molar-refractivity contribution is 7.09. The number of hydrogen-bond acceptors (Lipinski definition) is 3. The fraction of sp³-hybridized carbons (Fsp3) is 0.400. The van der Waals surface area contributed by atoms with Crippen LogP contribution in [0.3, 0.4) is 0 Å². The monoisotopic (exact) mass is 296 g/mol. The van der Waals surface area contributed by atoms with Gasteiger partial charge in [-0.3, -0.25) is 0 Å². The first-order valence-electron chi connectivity index (χ1n) is 6.68. The van der Waals surface area contributed by atoms with Crippen LogP contribution >= 0.6 is 11.3 Å². The van der Waals surface area contributed by atoms with E-state index in [4.69, 9.17) is 0 Å². The Morgan fingerprint density at radius 1 is 1.25 bits per heavy atom. The molecule has 0 saturated heterocycles. The van der Waals surface area contributed by atoms with E-state index in [1.54, 1.807) is 16.8 Å². The molecule has 0 aliphatic rings. The Kier molecular flexibility index (Phi) is 5.20. The molecule has 0 bridgehead atoms. The largest absolute Gasteiger partial charge is 0.309 e. The van der Waals surface area contributed by atoms with Crippen LogP contribution < -0.4 is 5.32 Å². The third-order valence-corrected chi connectivity index (χ3v) is 4.15.